The van der Waals surface area contributed by atoms with E-state index in [-0.39, 0.29) is 17.5 Å². The van der Waals surface area contributed by atoms with Crippen molar-refractivity contribution in [2.45, 2.75) is 44.6 Å². The fourth-order valence-corrected chi connectivity index (χ4v) is 6.36. The lowest BCUT2D eigenvalue weighted by molar-refractivity contribution is -0.120. The average Bonchev–Trinajstić information content (AvgIpc) is 2.92. The molecule has 2 unspecified atom stereocenters. The van der Waals surface area contributed by atoms with E-state index in [4.69, 9.17) is 4.74 Å². The number of hydrogen-bond acceptors (Lipinski definition) is 5. The zero-order valence-electron chi connectivity index (χ0n) is 22.6. The Bertz CT molecular complexity index is 1340. The summed E-state index contributed by atoms with van der Waals surface area (Å²) < 4.78 is 34.0. The molecule has 38 heavy (non-hydrogen) atoms. The van der Waals surface area contributed by atoms with Gasteiger partial charge >= 0.3 is 0 Å². The van der Waals surface area contributed by atoms with Crippen molar-refractivity contribution in [3.05, 3.63) is 83.9 Å². The predicted octanol–water partition coefficient (Wildman–Crippen LogP) is 5.31. The summed E-state index contributed by atoms with van der Waals surface area (Å²) in [4.78, 5) is 15.8. The number of hydrogen-bond donors (Lipinski definition) is 1. The molecular formula is C30H37N3O4S. The Hall–Kier alpha value is -3.52. The molecule has 8 heteroatoms. The van der Waals surface area contributed by atoms with E-state index in [9.17, 15) is 13.2 Å². The van der Waals surface area contributed by atoms with Gasteiger partial charge in [0.15, 0.2) is 0 Å². The highest BCUT2D eigenvalue weighted by Crippen LogP contribution is 2.33. The molecule has 2 atom stereocenters. The van der Waals surface area contributed by atoms with Crippen LogP contribution in [-0.4, -0.2) is 41.1 Å². The number of carbonyl (C=O) groups excluding carboxylic acids is 1. The van der Waals surface area contributed by atoms with Gasteiger partial charge in [-0.05, 0) is 80.1 Å². The fraction of sp³-hybridized carbons (Fsp3) is 0.367. The number of carbonyl (C=O) groups is 1. The van der Waals surface area contributed by atoms with Crippen molar-refractivity contribution in [1.82, 2.24) is 5.32 Å². The van der Waals surface area contributed by atoms with Gasteiger partial charge in [0.1, 0.15) is 12.3 Å². The normalized spacial score (nSPS) is 16.5. The lowest BCUT2D eigenvalue weighted by Crippen LogP contribution is -2.41. The maximum atomic E-state index is 13.7. The number of nitrogens with one attached hydrogen (secondary N) is 1. The zero-order valence-corrected chi connectivity index (χ0v) is 23.4. The molecule has 1 N–H and O–H groups in total. The predicted molar refractivity (Wildman–Crippen MR) is 152 cm³/mol. The van der Waals surface area contributed by atoms with Crippen molar-refractivity contribution in [1.29, 1.82) is 0 Å². The standard InChI is InChI=1S/C30H37N3O4S/c1-22-12-17-29(37-4)28(19-22)33(38(35,36)27-10-6-5-7-11-27)21-30(34)31-24(3)25-13-15-26(16-14-25)32-18-8-9-23(2)20-32/h5-7,10-17,19,23-24H,8-9,18,20-21H2,1-4H3,(H,31,34). The van der Waals surface area contributed by atoms with Gasteiger partial charge in [-0.25, -0.2) is 8.42 Å². The van der Waals surface area contributed by atoms with Crippen LogP contribution in [0, 0.1) is 12.8 Å². The lowest BCUT2D eigenvalue weighted by Gasteiger charge is -2.33. The summed E-state index contributed by atoms with van der Waals surface area (Å²) in [6.07, 6.45) is 2.46. The smallest absolute Gasteiger partial charge is 0.264 e. The number of aryl methyl sites for hydroxylation is 1. The van der Waals surface area contributed by atoms with Crippen LogP contribution >= 0.6 is 0 Å². The summed E-state index contributed by atoms with van der Waals surface area (Å²) in [5.41, 5.74) is 3.31. The van der Waals surface area contributed by atoms with Gasteiger partial charge in [-0.2, -0.15) is 0 Å². The van der Waals surface area contributed by atoms with E-state index in [0.717, 1.165) is 28.5 Å². The minimum atomic E-state index is -4.03. The van der Waals surface area contributed by atoms with Crippen LogP contribution < -0.4 is 19.3 Å². The van der Waals surface area contributed by atoms with E-state index in [1.807, 2.05) is 32.0 Å². The topological polar surface area (TPSA) is 79.0 Å². The molecule has 7 nitrogen and oxygen atoms in total. The van der Waals surface area contributed by atoms with Crippen molar-refractivity contribution >= 4 is 27.3 Å². The van der Waals surface area contributed by atoms with E-state index >= 15 is 0 Å². The Kier molecular flexibility index (Phi) is 8.62. The second kappa shape index (κ2) is 11.9. The number of piperidine rings is 1. The number of sulfonamides is 1. The number of benzene rings is 3. The molecule has 0 aromatic heterocycles. The van der Waals surface area contributed by atoms with Crippen molar-refractivity contribution in [3.63, 3.8) is 0 Å². The van der Waals surface area contributed by atoms with Crippen LogP contribution in [0.2, 0.25) is 0 Å². The minimum Gasteiger partial charge on any atom is -0.495 e. The Labute approximate surface area is 226 Å². The molecule has 0 radical (unpaired) electrons. The molecule has 1 fully saturated rings. The lowest BCUT2D eigenvalue weighted by atomic mass is 9.99. The van der Waals surface area contributed by atoms with Crippen LogP contribution in [0.4, 0.5) is 11.4 Å². The van der Waals surface area contributed by atoms with Crippen LogP contribution in [0.5, 0.6) is 5.75 Å². The second-order valence-electron chi connectivity index (χ2n) is 10.1. The summed E-state index contributed by atoms with van der Waals surface area (Å²) in [6.45, 7) is 7.78. The Morgan fingerprint density at radius 3 is 2.47 bits per heavy atom. The first kappa shape index (κ1) is 27.5. The summed E-state index contributed by atoms with van der Waals surface area (Å²) in [5, 5.41) is 2.98. The number of nitrogens with zero attached hydrogens (tertiary/aromatic N) is 2. The molecule has 0 bridgehead atoms. The van der Waals surface area contributed by atoms with E-state index in [0.29, 0.717) is 17.4 Å². The molecule has 0 spiro atoms. The first-order chi connectivity index (χ1) is 18.2. The van der Waals surface area contributed by atoms with E-state index in [1.54, 1.807) is 30.3 Å². The number of amides is 1. The molecule has 4 rings (SSSR count). The highest BCUT2D eigenvalue weighted by atomic mass is 32.2. The van der Waals surface area contributed by atoms with E-state index in [2.05, 4.69) is 29.3 Å². The number of anilines is 2. The van der Waals surface area contributed by atoms with Crippen molar-refractivity contribution < 1.29 is 17.9 Å². The van der Waals surface area contributed by atoms with Crippen LogP contribution in [-0.2, 0) is 14.8 Å². The van der Waals surface area contributed by atoms with Gasteiger partial charge in [0.25, 0.3) is 10.0 Å². The van der Waals surface area contributed by atoms with Gasteiger partial charge in [-0.1, -0.05) is 43.3 Å². The van der Waals surface area contributed by atoms with Gasteiger partial charge in [-0.15, -0.1) is 0 Å². The fourth-order valence-electron chi connectivity index (χ4n) is 4.91. The Morgan fingerprint density at radius 2 is 1.82 bits per heavy atom. The molecule has 1 aliphatic rings. The van der Waals surface area contributed by atoms with Gasteiger partial charge < -0.3 is 15.0 Å². The minimum absolute atomic E-state index is 0.104. The average molecular weight is 536 g/mol. The maximum absolute atomic E-state index is 13.7. The van der Waals surface area contributed by atoms with Gasteiger partial charge in [-0.3, -0.25) is 9.10 Å². The molecule has 0 aliphatic carbocycles. The third kappa shape index (κ3) is 6.30. The quantitative estimate of drug-likeness (QED) is 0.402. The highest BCUT2D eigenvalue weighted by molar-refractivity contribution is 7.92. The van der Waals surface area contributed by atoms with Crippen molar-refractivity contribution in [2.75, 3.05) is 35.9 Å². The van der Waals surface area contributed by atoms with Crippen molar-refractivity contribution in [3.8, 4) is 5.75 Å². The van der Waals surface area contributed by atoms with Crippen LogP contribution in [0.1, 0.15) is 43.9 Å². The van der Waals surface area contributed by atoms with Crippen LogP contribution in [0.25, 0.3) is 0 Å². The van der Waals surface area contributed by atoms with E-state index < -0.39 is 15.9 Å². The SMILES string of the molecule is COc1ccc(C)cc1N(CC(=O)NC(C)c1ccc(N2CCCC(C)C2)cc1)S(=O)(=O)c1ccccc1. The van der Waals surface area contributed by atoms with Crippen LogP contribution in [0.15, 0.2) is 77.7 Å². The molecule has 1 heterocycles. The van der Waals surface area contributed by atoms with Gasteiger partial charge in [0.05, 0.1) is 23.7 Å². The molecule has 3 aromatic rings. The molecule has 202 valence electrons. The third-order valence-corrected chi connectivity index (χ3v) is 8.79. The highest BCUT2D eigenvalue weighted by Gasteiger charge is 2.30. The van der Waals surface area contributed by atoms with Gasteiger partial charge in [0, 0.05) is 18.8 Å². The number of ether oxygens (including phenoxy) is 1. The molecule has 0 saturated carbocycles. The van der Waals surface area contributed by atoms with Gasteiger partial charge in [0.2, 0.25) is 5.91 Å². The largest absolute Gasteiger partial charge is 0.495 e. The third-order valence-electron chi connectivity index (χ3n) is 7.01. The van der Waals surface area contributed by atoms with Crippen LogP contribution in [0.3, 0.4) is 0 Å². The Morgan fingerprint density at radius 1 is 1.11 bits per heavy atom. The van der Waals surface area contributed by atoms with E-state index in [1.165, 1.54) is 37.8 Å². The summed E-state index contributed by atoms with van der Waals surface area (Å²) in [5.74, 6) is 0.650. The first-order valence-corrected chi connectivity index (χ1v) is 14.5. The first-order valence-electron chi connectivity index (χ1n) is 13.1. The molecule has 1 saturated heterocycles. The Balaban J connectivity index is 1.54. The molecule has 1 aliphatic heterocycles. The summed E-state index contributed by atoms with van der Waals surface area (Å²) >= 11 is 0. The summed E-state index contributed by atoms with van der Waals surface area (Å²) in [7, 11) is -2.55. The second-order valence-corrected chi connectivity index (χ2v) is 11.9. The number of rotatable bonds is 9. The molecular weight excluding hydrogens is 498 g/mol. The monoisotopic (exact) mass is 535 g/mol. The zero-order chi connectivity index (χ0) is 27.3. The molecule has 3 aromatic carbocycles. The van der Waals surface area contributed by atoms with Crippen molar-refractivity contribution in [2.24, 2.45) is 5.92 Å². The molecule has 1 amide bonds. The maximum Gasteiger partial charge on any atom is 0.264 e. The number of methoxy groups -OCH3 is 1. The summed E-state index contributed by atoms with van der Waals surface area (Å²) in [6, 6.07) is 21.4.